The minimum Gasteiger partial charge on any atom is -0.508 e. The number of rotatable bonds is 5. The summed E-state index contributed by atoms with van der Waals surface area (Å²) in [6.07, 6.45) is 2.53. The van der Waals surface area contributed by atoms with Gasteiger partial charge in [-0.3, -0.25) is 4.90 Å². The van der Waals surface area contributed by atoms with Crippen molar-refractivity contribution < 1.29 is 10.2 Å². The Bertz CT molecular complexity index is 410. The number of phenols is 2. The second-order valence-electron chi connectivity index (χ2n) is 5.76. The van der Waals surface area contributed by atoms with Crippen LogP contribution >= 0.6 is 0 Å². The number of aromatic hydroxyl groups is 2. The Hall–Kier alpha value is -1.26. The highest BCUT2D eigenvalue weighted by molar-refractivity contribution is 5.38. The van der Waals surface area contributed by atoms with Gasteiger partial charge in [-0.15, -0.1) is 0 Å². The van der Waals surface area contributed by atoms with Crippen molar-refractivity contribution in [3.8, 4) is 11.5 Å². The van der Waals surface area contributed by atoms with E-state index in [1.54, 1.807) is 12.1 Å². The van der Waals surface area contributed by atoms with Crippen molar-refractivity contribution in [3.63, 3.8) is 0 Å². The highest BCUT2D eigenvalue weighted by Crippen LogP contribution is 2.29. The molecule has 2 rings (SSSR count). The third-order valence-corrected chi connectivity index (χ3v) is 4.25. The lowest BCUT2D eigenvalue weighted by atomic mass is 9.97. The maximum atomic E-state index is 9.63. The van der Waals surface area contributed by atoms with Gasteiger partial charge in [0.1, 0.15) is 11.5 Å². The lowest BCUT2D eigenvalue weighted by Gasteiger charge is -2.33. The minimum absolute atomic E-state index is 0.127. The summed E-state index contributed by atoms with van der Waals surface area (Å²) in [5.74, 6) is 0.946. The third-order valence-electron chi connectivity index (χ3n) is 4.25. The number of nitrogens with one attached hydrogen (secondary N) is 1. The standard InChI is InChI=1S/C16H26N2O2/c1-3-18(11-13-5-4-6-17-10-13)12(2)14-7-15(19)9-16(20)8-14/h7-9,12-13,17,19-20H,3-6,10-11H2,1-2H3. The molecule has 4 heteroatoms. The monoisotopic (exact) mass is 278 g/mol. The second-order valence-corrected chi connectivity index (χ2v) is 5.76. The molecule has 1 aromatic carbocycles. The van der Waals surface area contributed by atoms with Crippen molar-refractivity contribution in [3.05, 3.63) is 23.8 Å². The Labute approximate surface area is 121 Å². The van der Waals surface area contributed by atoms with Crippen molar-refractivity contribution >= 4 is 0 Å². The number of hydrogen-bond donors (Lipinski definition) is 3. The highest BCUT2D eigenvalue weighted by Gasteiger charge is 2.21. The van der Waals surface area contributed by atoms with Crippen LogP contribution in [-0.4, -0.2) is 41.3 Å². The first-order valence-corrected chi connectivity index (χ1v) is 7.57. The largest absolute Gasteiger partial charge is 0.508 e. The molecule has 0 aromatic heterocycles. The first kappa shape index (κ1) is 15.1. The fourth-order valence-corrected chi connectivity index (χ4v) is 3.04. The number of phenolic OH excluding ortho intramolecular Hbond substituents is 2. The van der Waals surface area contributed by atoms with Crippen molar-refractivity contribution in [2.24, 2.45) is 5.92 Å². The van der Waals surface area contributed by atoms with Crippen molar-refractivity contribution in [1.29, 1.82) is 0 Å². The average molecular weight is 278 g/mol. The molecule has 0 aliphatic carbocycles. The van der Waals surface area contributed by atoms with E-state index >= 15 is 0 Å². The van der Waals surface area contributed by atoms with Crippen LogP contribution in [0.25, 0.3) is 0 Å². The van der Waals surface area contributed by atoms with Gasteiger partial charge in [-0.05, 0) is 63.0 Å². The maximum Gasteiger partial charge on any atom is 0.119 e. The molecule has 0 radical (unpaired) electrons. The molecule has 0 amide bonds. The van der Waals surface area contributed by atoms with Gasteiger partial charge in [0.05, 0.1) is 0 Å². The fourth-order valence-electron chi connectivity index (χ4n) is 3.04. The van der Waals surface area contributed by atoms with E-state index in [0.29, 0.717) is 5.92 Å². The SMILES string of the molecule is CCN(CC1CCCNC1)C(C)c1cc(O)cc(O)c1. The van der Waals surface area contributed by atoms with E-state index in [1.165, 1.54) is 18.9 Å². The predicted molar refractivity (Wildman–Crippen MR) is 81.0 cm³/mol. The zero-order valence-corrected chi connectivity index (χ0v) is 12.5. The van der Waals surface area contributed by atoms with Gasteiger partial charge in [0, 0.05) is 18.7 Å². The summed E-state index contributed by atoms with van der Waals surface area (Å²) in [4.78, 5) is 2.41. The van der Waals surface area contributed by atoms with E-state index in [-0.39, 0.29) is 17.5 Å². The third kappa shape index (κ3) is 3.87. The quantitative estimate of drug-likeness (QED) is 0.774. The molecule has 20 heavy (non-hydrogen) atoms. The molecule has 1 fully saturated rings. The molecular formula is C16H26N2O2. The zero-order valence-electron chi connectivity index (χ0n) is 12.5. The van der Waals surface area contributed by atoms with E-state index in [9.17, 15) is 10.2 Å². The predicted octanol–water partition coefficient (Wildman–Crippen LogP) is 2.48. The highest BCUT2D eigenvalue weighted by atomic mass is 16.3. The molecule has 0 bridgehead atoms. The van der Waals surface area contributed by atoms with E-state index in [0.717, 1.165) is 31.7 Å². The van der Waals surface area contributed by atoms with Gasteiger partial charge in [0.15, 0.2) is 0 Å². The van der Waals surface area contributed by atoms with Gasteiger partial charge in [-0.2, -0.15) is 0 Å². The molecule has 0 saturated carbocycles. The second kappa shape index (κ2) is 6.95. The number of piperidine rings is 1. The van der Waals surface area contributed by atoms with Gasteiger partial charge in [0.25, 0.3) is 0 Å². The zero-order chi connectivity index (χ0) is 14.5. The van der Waals surface area contributed by atoms with Crippen LogP contribution in [-0.2, 0) is 0 Å². The van der Waals surface area contributed by atoms with Gasteiger partial charge in [0.2, 0.25) is 0 Å². The number of benzene rings is 1. The summed E-state index contributed by atoms with van der Waals surface area (Å²) in [6.45, 7) is 8.55. The molecule has 1 aliphatic heterocycles. The van der Waals surface area contributed by atoms with E-state index < -0.39 is 0 Å². The molecule has 1 saturated heterocycles. The van der Waals surface area contributed by atoms with Crippen LogP contribution in [0.15, 0.2) is 18.2 Å². The van der Waals surface area contributed by atoms with Crippen molar-refractivity contribution in [2.45, 2.75) is 32.7 Å². The Kier molecular flexibility index (Phi) is 5.26. The van der Waals surface area contributed by atoms with Crippen LogP contribution in [0.2, 0.25) is 0 Å². The smallest absolute Gasteiger partial charge is 0.119 e. The van der Waals surface area contributed by atoms with Crippen LogP contribution in [0.1, 0.15) is 38.3 Å². The summed E-state index contributed by atoms with van der Waals surface area (Å²) in [7, 11) is 0. The Morgan fingerprint density at radius 2 is 2.00 bits per heavy atom. The first-order valence-electron chi connectivity index (χ1n) is 7.57. The van der Waals surface area contributed by atoms with Gasteiger partial charge in [-0.1, -0.05) is 6.92 Å². The summed E-state index contributed by atoms with van der Waals surface area (Å²) in [6, 6.07) is 5.05. The van der Waals surface area contributed by atoms with E-state index in [2.05, 4.69) is 24.1 Å². The lowest BCUT2D eigenvalue weighted by Crippen LogP contribution is -2.39. The van der Waals surface area contributed by atoms with Crippen molar-refractivity contribution in [2.75, 3.05) is 26.2 Å². The summed E-state index contributed by atoms with van der Waals surface area (Å²) in [5, 5.41) is 22.7. The Morgan fingerprint density at radius 3 is 2.55 bits per heavy atom. The van der Waals surface area contributed by atoms with Crippen LogP contribution in [0, 0.1) is 5.92 Å². The maximum absolute atomic E-state index is 9.63. The van der Waals surface area contributed by atoms with Crippen LogP contribution in [0.5, 0.6) is 11.5 Å². The average Bonchev–Trinajstić information content (AvgIpc) is 2.44. The number of hydrogen-bond acceptors (Lipinski definition) is 4. The molecule has 1 aliphatic rings. The van der Waals surface area contributed by atoms with Crippen LogP contribution in [0.4, 0.5) is 0 Å². The van der Waals surface area contributed by atoms with E-state index in [1.807, 2.05) is 0 Å². The first-order chi connectivity index (χ1) is 9.60. The van der Waals surface area contributed by atoms with E-state index in [4.69, 9.17) is 0 Å². The van der Waals surface area contributed by atoms with Crippen LogP contribution in [0.3, 0.4) is 0 Å². The molecule has 3 N–H and O–H groups in total. The van der Waals surface area contributed by atoms with Gasteiger partial charge in [-0.25, -0.2) is 0 Å². The summed E-state index contributed by atoms with van der Waals surface area (Å²) >= 11 is 0. The lowest BCUT2D eigenvalue weighted by molar-refractivity contribution is 0.170. The molecular weight excluding hydrogens is 252 g/mol. The van der Waals surface area contributed by atoms with Gasteiger partial charge < -0.3 is 15.5 Å². The summed E-state index contributed by atoms with van der Waals surface area (Å²) in [5.41, 5.74) is 0.966. The molecule has 0 spiro atoms. The number of nitrogens with zero attached hydrogens (tertiary/aromatic N) is 1. The molecule has 2 atom stereocenters. The molecule has 4 nitrogen and oxygen atoms in total. The van der Waals surface area contributed by atoms with Gasteiger partial charge >= 0.3 is 0 Å². The minimum atomic E-state index is 0.127. The van der Waals surface area contributed by atoms with Crippen LogP contribution < -0.4 is 5.32 Å². The molecule has 2 unspecified atom stereocenters. The normalized spacial score (nSPS) is 21.1. The molecule has 1 heterocycles. The Morgan fingerprint density at radius 1 is 1.30 bits per heavy atom. The summed E-state index contributed by atoms with van der Waals surface area (Å²) < 4.78 is 0. The van der Waals surface area contributed by atoms with Crippen molar-refractivity contribution in [1.82, 2.24) is 10.2 Å². The molecule has 1 aromatic rings. The Balaban J connectivity index is 2.05. The molecule has 112 valence electrons. The topological polar surface area (TPSA) is 55.7 Å². The fraction of sp³-hybridized carbons (Fsp3) is 0.625.